The number of fused-ring (bicyclic) bond motifs is 1. The van der Waals surface area contributed by atoms with Gasteiger partial charge in [-0.05, 0) is 36.6 Å². The van der Waals surface area contributed by atoms with E-state index >= 15 is 0 Å². The van der Waals surface area contributed by atoms with Crippen molar-refractivity contribution in [2.24, 2.45) is 0 Å². The summed E-state index contributed by atoms with van der Waals surface area (Å²) in [5.74, 6) is 0.290. The first-order valence-corrected chi connectivity index (χ1v) is 8.03. The lowest BCUT2D eigenvalue weighted by molar-refractivity contribution is -0.271. The molecule has 1 aliphatic heterocycles. The summed E-state index contributed by atoms with van der Waals surface area (Å²) in [6, 6.07) is 12.7. The molecule has 0 amide bonds. The Morgan fingerprint density at radius 3 is 2.44 bits per heavy atom. The predicted molar refractivity (Wildman–Crippen MR) is 89.9 cm³/mol. The first-order chi connectivity index (χ1) is 11.8. The molecule has 6 heteroatoms. The van der Waals surface area contributed by atoms with Gasteiger partial charge in [-0.3, -0.25) is 0 Å². The molecule has 2 unspecified atom stereocenters. The summed E-state index contributed by atoms with van der Waals surface area (Å²) in [5, 5.41) is 10.8. The fraction of sp³-hybridized carbons (Fsp3) is 0.368. The molecule has 1 aliphatic rings. The molecular weight excluding hydrogens is 331 g/mol. The van der Waals surface area contributed by atoms with Crippen molar-refractivity contribution in [1.29, 1.82) is 0 Å². The number of ether oxygens (including phenoxy) is 1. The Labute approximate surface area is 144 Å². The topological polar surface area (TPSA) is 32.7 Å². The van der Waals surface area contributed by atoms with E-state index in [-0.39, 0.29) is 12.0 Å². The maximum Gasteiger partial charge on any atom is 0.423 e. The highest BCUT2D eigenvalue weighted by atomic mass is 19.4. The SMILES string of the molecule is COc1ccc2c(c1)C(O)(C(F)(F)F)C(CCc1ccccc1)N2C. The van der Waals surface area contributed by atoms with Crippen LogP contribution in [0.15, 0.2) is 48.5 Å². The first kappa shape index (κ1) is 17.6. The molecule has 0 aliphatic carbocycles. The number of hydrogen-bond acceptors (Lipinski definition) is 3. The summed E-state index contributed by atoms with van der Waals surface area (Å²) < 4.78 is 46.7. The lowest BCUT2D eigenvalue weighted by Crippen LogP contribution is -2.53. The van der Waals surface area contributed by atoms with Crippen molar-refractivity contribution in [2.75, 3.05) is 19.1 Å². The Balaban J connectivity index is 1.99. The molecule has 0 bridgehead atoms. The lowest BCUT2D eigenvalue weighted by Gasteiger charge is -2.35. The maximum atomic E-state index is 13.9. The van der Waals surface area contributed by atoms with Crippen molar-refractivity contribution in [3.05, 3.63) is 59.7 Å². The molecule has 0 aromatic heterocycles. The largest absolute Gasteiger partial charge is 0.497 e. The van der Waals surface area contributed by atoms with Crippen LogP contribution < -0.4 is 9.64 Å². The van der Waals surface area contributed by atoms with Gasteiger partial charge in [0.05, 0.1) is 13.2 Å². The number of benzene rings is 2. The minimum Gasteiger partial charge on any atom is -0.497 e. The van der Waals surface area contributed by atoms with Gasteiger partial charge in [0.25, 0.3) is 0 Å². The highest BCUT2D eigenvalue weighted by Gasteiger charge is 2.65. The van der Waals surface area contributed by atoms with Gasteiger partial charge < -0.3 is 14.7 Å². The van der Waals surface area contributed by atoms with Gasteiger partial charge in [0.15, 0.2) is 0 Å². The van der Waals surface area contributed by atoms with E-state index in [0.29, 0.717) is 17.9 Å². The van der Waals surface area contributed by atoms with Gasteiger partial charge in [-0.1, -0.05) is 30.3 Å². The Morgan fingerprint density at radius 2 is 1.84 bits per heavy atom. The number of halogens is 3. The van der Waals surface area contributed by atoms with Crippen LogP contribution in [0.3, 0.4) is 0 Å². The summed E-state index contributed by atoms with van der Waals surface area (Å²) in [6.07, 6.45) is -4.17. The predicted octanol–water partition coefficient (Wildman–Crippen LogP) is 3.90. The second-order valence-corrected chi connectivity index (χ2v) is 6.30. The number of nitrogens with zero attached hydrogens (tertiary/aromatic N) is 1. The van der Waals surface area contributed by atoms with Crippen molar-refractivity contribution in [2.45, 2.75) is 30.7 Å². The number of aliphatic hydroxyl groups is 1. The summed E-state index contributed by atoms with van der Waals surface area (Å²) in [4.78, 5) is 1.52. The minimum absolute atomic E-state index is 0.153. The molecule has 3 nitrogen and oxygen atoms in total. The molecule has 3 rings (SSSR count). The molecule has 1 heterocycles. The van der Waals surface area contributed by atoms with E-state index in [1.54, 1.807) is 19.2 Å². The van der Waals surface area contributed by atoms with Crippen LogP contribution in [-0.4, -0.2) is 31.5 Å². The fourth-order valence-corrected chi connectivity index (χ4v) is 3.57. The summed E-state index contributed by atoms with van der Waals surface area (Å²) >= 11 is 0. The molecule has 2 aromatic rings. The van der Waals surface area contributed by atoms with E-state index in [0.717, 1.165) is 5.56 Å². The van der Waals surface area contributed by atoms with Crippen LogP contribution in [0.25, 0.3) is 0 Å². The zero-order valence-corrected chi connectivity index (χ0v) is 14.0. The van der Waals surface area contributed by atoms with Gasteiger partial charge >= 0.3 is 6.18 Å². The minimum atomic E-state index is -4.79. The van der Waals surface area contributed by atoms with E-state index in [9.17, 15) is 18.3 Å². The van der Waals surface area contributed by atoms with E-state index in [1.807, 2.05) is 30.3 Å². The first-order valence-electron chi connectivity index (χ1n) is 8.03. The second kappa shape index (κ2) is 6.26. The molecule has 0 saturated carbocycles. The van der Waals surface area contributed by atoms with Crippen LogP contribution >= 0.6 is 0 Å². The summed E-state index contributed by atoms with van der Waals surface area (Å²) in [5.41, 5.74) is -1.77. The summed E-state index contributed by atoms with van der Waals surface area (Å²) in [6.45, 7) is 0. The molecule has 1 N–H and O–H groups in total. The van der Waals surface area contributed by atoms with Crippen molar-refractivity contribution in [3.8, 4) is 5.75 Å². The normalized spacial score (nSPS) is 22.8. The zero-order chi connectivity index (χ0) is 18.2. The molecular formula is C19H20F3NO2. The van der Waals surface area contributed by atoms with Crippen LogP contribution in [0.1, 0.15) is 17.5 Å². The van der Waals surface area contributed by atoms with E-state index in [1.165, 1.54) is 18.1 Å². The van der Waals surface area contributed by atoms with Crippen LogP contribution in [-0.2, 0) is 12.0 Å². The Kier molecular flexibility index (Phi) is 4.41. The zero-order valence-electron chi connectivity index (χ0n) is 14.0. The average Bonchev–Trinajstić information content (AvgIpc) is 2.82. The Hall–Kier alpha value is -2.21. The van der Waals surface area contributed by atoms with Gasteiger partial charge in [0.2, 0.25) is 5.60 Å². The molecule has 0 spiro atoms. The number of hydrogen-bond donors (Lipinski definition) is 1. The molecule has 0 radical (unpaired) electrons. The molecule has 2 atom stereocenters. The van der Waals surface area contributed by atoms with Gasteiger partial charge in [0, 0.05) is 18.3 Å². The lowest BCUT2D eigenvalue weighted by atomic mass is 9.85. The van der Waals surface area contributed by atoms with E-state index in [2.05, 4.69) is 0 Å². The smallest absolute Gasteiger partial charge is 0.423 e. The number of rotatable bonds is 4. The van der Waals surface area contributed by atoms with Gasteiger partial charge in [-0.25, -0.2) is 0 Å². The number of likely N-dealkylation sites (N-methyl/N-ethyl adjacent to an activating group) is 1. The number of methoxy groups -OCH3 is 1. The highest BCUT2D eigenvalue weighted by molar-refractivity contribution is 5.65. The van der Waals surface area contributed by atoms with Gasteiger partial charge in [-0.15, -0.1) is 0 Å². The third-order valence-corrected chi connectivity index (χ3v) is 4.93. The number of alkyl halides is 3. The molecule has 134 valence electrons. The molecule has 2 aromatic carbocycles. The monoisotopic (exact) mass is 351 g/mol. The standard InChI is InChI=1S/C19H20F3NO2/c1-23-16-10-9-14(25-2)12-15(16)18(24,19(20,21)22)17(23)11-8-13-6-4-3-5-7-13/h3-7,9-10,12,17,24H,8,11H2,1-2H3. The van der Waals surface area contributed by atoms with Crippen LogP contribution in [0.4, 0.5) is 18.9 Å². The van der Waals surface area contributed by atoms with Crippen molar-refractivity contribution in [1.82, 2.24) is 0 Å². The third-order valence-electron chi connectivity index (χ3n) is 4.93. The Morgan fingerprint density at radius 1 is 1.16 bits per heavy atom. The third kappa shape index (κ3) is 2.84. The molecule has 0 fully saturated rings. The maximum absolute atomic E-state index is 13.9. The fourth-order valence-electron chi connectivity index (χ4n) is 3.57. The highest BCUT2D eigenvalue weighted by Crippen LogP contribution is 2.53. The van der Waals surface area contributed by atoms with Gasteiger partial charge in [-0.2, -0.15) is 13.2 Å². The number of anilines is 1. The second-order valence-electron chi connectivity index (χ2n) is 6.30. The van der Waals surface area contributed by atoms with Crippen molar-refractivity contribution >= 4 is 5.69 Å². The molecule has 25 heavy (non-hydrogen) atoms. The van der Waals surface area contributed by atoms with Gasteiger partial charge in [0.1, 0.15) is 5.75 Å². The van der Waals surface area contributed by atoms with E-state index in [4.69, 9.17) is 4.74 Å². The Bertz CT molecular complexity index is 748. The van der Waals surface area contributed by atoms with Crippen LogP contribution in [0.2, 0.25) is 0 Å². The van der Waals surface area contributed by atoms with E-state index < -0.39 is 17.8 Å². The number of aryl methyl sites for hydroxylation is 1. The van der Waals surface area contributed by atoms with Crippen LogP contribution in [0.5, 0.6) is 5.75 Å². The summed E-state index contributed by atoms with van der Waals surface area (Å²) in [7, 11) is 2.98. The van der Waals surface area contributed by atoms with Crippen LogP contribution in [0, 0.1) is 0 Å². The quantitative estimate of drug-likeness (QED) is 0.907. The molecule has 0 saturated heterocycles. The van der Waals surface area contributed by atoms with Crippen molar-refractivity contribution < 1.29 is 23.0 Å². The van der Waals surface area contributed by atoms with Crippen molar-refractivity contribution in [3.63, 3.8) is 0 Å². The average molecular weight is 351 g/mol.